The standard InChI is InChI=1S/C19H24N2O3/c1-21(2)13-14-24-20-19(15-5-9-17(22-3)10-6-15)16-7-11-18(23-4)12-8-16/h5-12H,13-14H2,1-4H3. The van der Waals surface area contributed by atoms with Crippen LogP contribution in [0.5, 0.6) is 11.5 Å². The van der Waals surface area contributed by atoms with E-state index in [-0.39, 0.29) is 0 Å². The summed E-state index contributed by atoms with van der Waals surface area (Å²) in [6.45, 7) is 1.34. The zero-order valence-electron chi connectivity index (χ0n) is 14.7. The first kappa shape index (κ1) is 17.8. The SMILES string of the molecule is COc1ccc(C(=NOCCN(C)C)c2ccc(OC)cc2)cc1. The minimum atomic E-state index is 0.531. The predicted molar refractivity (Wildman–Crippen MR) is 96.1 cm³/mol. The summed E-state index contributed by atoms with van der Waals surface area (Å²) in [4.78, 5) is 7.56. The van der Waals surface area contributed by atoms with Gasteiger partial charge in [-0.1, -0.05) is 5.16 Å². The maximum Gasteiger partial charge on any atom is 0.129 e. The van der Waals surface area contributed by atoms with E-state index < -0.39 is 0 Å². The first-order chi connectivity index (χ1) is 11.6. The third-order valence-corrected chi connectivity index (χ3v) is 3.51. The molecule has 2 aromatic carbocycles. The smallest absolute Gasteiger partial charge is 0.129 e. The second-order valence-electron chi connectivity index (χ2n) is 5.53. The van der Waals surface area contributed by atoms with Gasteiger partial charge in [-0.15, -0.1) is 0 Å². The average molecular weight is 328 g/mol. The molecular weight excluding hydrogens is 304 g/mol. The summed E-state index contributed by atoms with van der Waals surface area (Å²) in [6.07, 6.45) is 0. The molecule has 0 spiro atoms. The van der Waals surface area contributed by atoms with E-state index in [1.54, 1.807) is 14.2 Å². The van der Waals surface area contributed by atoms with E-state index in [0.29, 0.717) is 6.61 Å². The fourth-order valence-electron chi connectivity index (χ4n) is 2.10. The van der Waals surface area contributed by atoms with Gasteiger partial charge in [-0.25, -0.2) is 0 Å². The van der Waals surface area contributed by atoms with E-state index in [4.69, 9.17) is 14.3 Å². The molecule has 0 aliphatic carbocycles. The largest absolute Gasteiger partial charge is 0.497 e. The number of rotatable bonds is 8. The third kappa shape index (κ3) is 4.99. The Morgan fingerprint density at radius 2 is 1.29 bits per heavy atom. The minimum absolute atomic E-state index is 0.531. The molecule has 0 unspecified atom stereocenters. The Bertz CT molecular complexity index is 600. The van der Waals surface area contributed by atoms with Crippen LogP contribution in [0, 0.1) is 0 Å². The van der Waals surface area contributed by atoms with Gasteiger partial charge in [0.25, 0.3) is 0 Å². The lowest BCUT2D eigenvalue weighted by molar-refractivity contribution is 0.126. The molecule has 0 aliphatic heterocycles. The van der Waals surface area contributed by atoms with Gasteiger partial charge in [0.1, 0.15) is 23.8 Å². The maximum atomic E-state index is 5.51. The molecule has 0 heterocycles. The summed E-state index contributed by atoms with van der Waals surface area (Å²) in [7, 11) is 7.30. The number of nitrogens with zero attached hydrogens (tertiary/aromatic N) is 2. The van der Waals surface area contributed by atoms with Crippen LogP contribution in [0.15, 0.2) is 53.7 Å². The Morgan fingerprint density at radius 3 is 1.67 bits per heavy atom. The molecule has 128 valence electrons. The highest BCUT2D eigenvalue weighted by atomic mass is 16.6. The van der Waals surface area contributed by atoms with Gasteiger partial charge < -0.3 is 19.2 Å². The van der Waals surface area contributed by atoms with Gasteiger partial charge in [0.2, 0.25) is 0 Å². The van der Waals surface area contributed by atoms with Crippen molar-refractivity contribution in [3.8, 4) is 11.5 Å². The Balaban J connectivity index is 2.26. The quantitative estimate of drug-likeness (QED) is 0.424. The van der Waals surface area contributed by atoms with Gasteiger partial charge in [0.15, 0.2) is 0 Å². The van der Waals surface area contributed by atoms with Crippen LogP contribution in [0.4, 0.5) is 0 Å². The average Bonchev–Trinajstić information content (AvgIpc) is 2.62. The van der Waals surface area contributed by atoms with Crippen molar-refractivity contribution < 1.29 is 14.3 Å². The molecule has 5 heteroatoms. The van der Waals surface area contributed by atoms with E-state index in [0.717, 1.165) is 34.9 Å². The van der Waals surface area contributed by atoms with Crippen LogP contribution >= 0.6 is 0 Å². The number of hydrogen-bond acceptors (Lipinski definition) is 5. The minimum Gasteiger partial charge on any atom is -0.497 e. The predicted octanol–water partition coefficient (Wildman–Crippen LogP) is 3.03. The molecule has 24 heavy (non-hydrogen) atoms. The van der Waals surface area contributed by atoms with Gasteiger partial charge in [-0.3, -0.25) is 0 Å². The van der Waals surface area contributed by atoms with Gasteiger partial charge in [-0.05, 0) is 62.6 Å². The number of benzene rings is 2. The number of oxime groups is 1. The molecule has 0 N–H and O–H groups in total. The third-order valence-electron chi connectivity index (χ3n) is 3.51. The van der Waals surface area contributed by atoms with Crippen LogP contribution < -0.4 is 9.47 Å². The van der Waals surface area contributed by atoms with E-state index in [1.807, 2.05) is 62.6 Å². The van der Waals surface area contributed by atoms with Crippen molar-refractivity contribution >= 4 is 5.71 Å². The van der Waals surface area contributed by atoms with Gasteiger partial charge >= 0.3 is 0 Å². The number of methoxy groups -OCH3 is 2. The van der Waals surface area contributed by atoms with Crippen molar-refractivity contribution in [2.24, 2.45) is 5.16 Å². The van der Waals surface area contributed by atoms with E-state index in [1.165, 1.54) is 0 Å². The van der Waals surface area contributed by atoms with Crippen molar-refractivity contribution in [1.82, 2.24) is 4.90 Å². The first-order valence-electron chi connectivity index (χ1n) is 7.77. The summed E-state index contributed by atoms with van der Waals surface area (Å²) in [6, 6.07) is 15.5. The molecule has 0 aliphatic rings. The molecule has 0 bridgehead atoms. The van der Waals surface area contributed by atoms with Crippen LogP contribution in [0.2, 0.25) is 0 Å². The summed E-state index contributed by atoms with van der Waals surface area (Å²) in [5.74, 6) is 1.61. The Kier molecular flexibility index (Phi) is 6.63. The highest BCUT2D eigenvalue weighted by Gasteiger charge is 2.09. The van der Waals surface area contributed by atoms with E-state index in [2.05, 4.69) is 10.1 Å². The number of hydrogen-bond donors (Lipinski definition) is 0. The summed E-state index contributed by atoms with van der Waals surface area (Å²) in [5.41, 5.74) is 2.70. The van der Waals surface area contributed by atoms with Crippen molar-refractivity contribution in [3.05, 3.63) is 59.7 Å². The van der Waals surface area contributed by atoms with E-state index >= 15 is 0 Å². The molecule has 2 aromatic rings. The number of ether oxygens (including phenoxy) is 2. The zero-order chi connectivity index (χ0) is 17.4. The van der Waals surface area contributed by atoms with Crippen molar-refractivity contribution in [3.63, 3.8) is 0 Å². The van der Waals surface area contributed by atoms with Crippen LogP contribution in [0.3, 0.4) is 0 Å². The van der Waals surface area contributed by atoms with Gasteiger partial charge in [0, 0.05) is 17.7 Å². The second kappa shape index (κ2) is 8.93. The molecule has 0 fully saturated rings. The fourth-order valence-corrected chi connectivity index (χ4v) is 2.10. The van der Waals surface area contributed by atoms with Crippen LogP contribution in [0.25, 0.3) is 0 Å². The molecule has 0 amide bonds. The van der Waals surface area contributed by atoms with Crippen LogP contribution in [-0.2, 0) is 4.84 Å². The summed E-state index contributed by atoms with van der Waals surface area (Å²) < 4.78 is 10.4. The molecule has 0 saturated carbocycles. The Hall–Kier alpha value is -2.53. The monoisotopic (exact) mass is 328 g/mol. The topological polar surface area (TPSA) is 43.3 Å². The lowest BCUT2D eigenvalue weighted by Gasteiger charge is -2.11. The maximum absolute atomic E-state index is 5.51. The normalized spacial score (nSPS) is 10.4. The van der Waals surface area contributed by atoms with Gasteiger partial charge in [-0.2, -0.15) is 0 Å². The van der Waals surface area contributed by atoms with Crippen molar-refractivity contribution in [1.29, 1.82) is 0 Å². The van der Waals surface area contributed by atoms with Gasteiger partial charge in [0.05, 0.1) is 14.2 Å². The highest BCUT2D eigenvalue weighted by Crippen LogP contribution is 2.18. The summed E-state index contributed by atoms with van der Waals surface area (Å²) >= 11 is 0. The zero-order valence-corrected chi connectivity index (χ0v) is 14.7. The highest BCUT2D eigenvalue weighted by molar-refractivity contribution is 6.12. The molecular formula is C19H24N2O3. The van der Waals surface area contributed by atoms with Crippen molar-refractivity contribution in [2.45, 2.75) is 0 Å². The Labute approximate surface area is 143 Å². The second-order valence-corrected chi connectivity index (χ2v) is 5.53. The van der Waals surface area contributed by atoms with E-state index in [9.17, 15) is 0 Å². The molecule has 0 radical (unpaired) electrons. The number of likely N-dealkylation sites (N-methyl/N-ethyl adjacent to an activating group) is 1. The van der Waals surface area contributed by atoms with Crippen LogP contribution in [-0.4, -0.2) is 52.1 Å². The fraction of sp³-hybridized carbons (Fsp3) is 0.316. The molecule has 2 rings (SSSR count). The molecule has 0 aromatic heterocycles. The van der Waals surface area contributed by atoms with Crippen molar-refractivity contribution in [2.75, 3.05) is 41.5 Å². The molecule has 0 atom stereocenters. The first-order valence-corrected chi connectivity index (χ1v) is 7.77. The Morgan fingerprint density at radius 1 is 0.833 bits per heavy atom. The lowest BCUT2D eigenvalue weighted by Crippen LogP contribution is -2.17. The molecule has 0 saturated heterocycles. The lowest BCUT2D eigenvalue weighted by atomic mass is 10.0. The summed E-state index contributed by atoms with van der Waals surface area (Å²) in [5, 5.41) is 4.36. The molecule has 5 nitrogen and oxygen atoms in total. The van der Waals surface area contributed by atoms with Crippen LogP contribution in [0.1, 0.15) is 11.1 Å².